The Morgan fingerprint density at radius 2 is 1.89 bits per heavy atom. The van der Waals surface area contributed by atoms with Gasteiger partial charge in [-0.3, -0.25) is 9.59 Å². The molecule has 4 nitrogen and oxygen atoms in total. The number of thioether (sulfide) groups is 1. The van der Waals surface area contributed by atoms with Crippen molar-refractivity contribution in [3.8, 4) is 0 Å². The van der Waals surface area contributed by atoms with Gasteiger partial charge in [0.2, 0.25) is 11.8 Å². The van der Waals surface area contributed by atoms with Gasteiger partial charge < -0.3 is 10.2 Å². The SMILES string of the molecule is CNC(=O)[C@@H](C)N(Cc1ccccc1Cl)C(=O)CSCc1cccc(Cl)c1. The van der Waals surface area contributed by atoms with Gasteiger partial charge in [-0.2, -0.15) is 0 Å². The van der Waals surface area contributed by atoms with E-state index in [2.05, 4.69) is 5.32 Å². The van der Waals surface area contributed by atoms with E-state index in [1.54, 1.807) is 24.9 Å². The Hall–Kier alpha value is -1.69. The van der Waals surface area contributed by atoms with E-state index in [4.69, 9.17) is 23.2 Å². The predicted molar refractivity (Wildman–Crippen MR) is 113 cm³/mol. The number of likely N-dealkylation sites (N-methyl/N-ethyl adjacent to an activating group) is 1. The number of hydrogen-bond acceptors (Lipinski definition) is 3. The highest BCUT2D eigenvalue weighted by molar-refractivity contribution is 7.99. The lowest BCUT2D eigenvalue weighted by molar-refractivity contribution is -0.138. The molecule has 0 spiro atoms. The maximum atomic E-state index is 12.8. The Morgan fingerprint density at radius 3 is 2.56 bits per heavy atom. The second-order valence-corrected chi connectivity index (χ2v) is 7.86. The van der Waals surface area contributed by atoms with E-state index in [9.17, 15) is 9.59 Å². The van der Waals surface area contributed by atoms with Crippen LogP contribution >= 0.6 is 35.0 Å². The fourth-order valence-electron chi connectivity index (χ4n) is 2.57. The zero-order valence-electron chi connectivity index (χ0n) is 15.2. The maximum Gasteiger partial charge on any atom is 0.242 e. The number of nitrogens with zero attached hydrogens (tertiary/aromatic N) is 1. The molecule has 0 saturated carbocycles. The molecular formula is C20H22Cl2N2O2S. The second kappa shape index (κ2) is 10.6. The summed E-state index contributed by atoms with van der Waals surface area (Å²) in [6.45, 7) is 2.00. The Balaban J connectivity index is 2.06. The first-order valence-electron chi connectivity index (χ1n) is 8.49. The topological polar surface area (TPSA) is 49.4 Å². The van der Waals surface area contributed by atoms with E-state index in [0.717, 1.165) is 11.1 Å². The molecule has 0 bridgehead atoms. The van der Waals surface area contributed by atoms with Gasteiger partial charge in [-0.1, -0.05) is 53.5 Å². The molecule has 1 N–H and O–H groups in total. The molecule has 27 heavy (non-hydrogen) atoms. The third kappa shape index (κ3) is 6.45. The third-order valence-electron chi connectivity index (χ3n) is 4.10. The van der Waals surface area contributed by atoms with E-state index < -0.39 is 6.04 Å². The van der Waals surface area contributed by atoms with Crippen molar-refractivity contribution in [1.29, 1.82) is 0 Å². The molecule has 2 rings (SSSR count). The Bertz CT molecular complexity index is 801. The summed E-state index contributed by atoms with van der Waals surface area (Å²) in [6, 6.07) is 14.3. The van der Waals surface area contributed by atoms with Gasteiger partial charge in [-0.05, 0) is 36.2 Å². The number of nitrogens with one attached hydrogen (secondary N) is 1. The molecule has 7 heteroatoms. The normalized spacial score (nSPS) is 11.7. The fraction of sp³-hybridized carbons (Fsp3) is 0.300. The molecule has 144 valence electrons. The number of rotatable bonds is 8. The molecule has 2 aromatic carbocycles. The highest BCUT2D eigenvalue weighted by atomic mass is 35.5. The molecule has 1 atom stereocenters. The molecule has 2 amide bonds. The molecule has 0 unspecified atom stereocenters. The second-order valence-electron chi connectivity index (χ2n) is 6.03. The lowest BCUT2D eigenvalue weighted by Crippen LogP contribution is -2.47. The predicted octanol–water partition coefficient (Wildman–Crippen LogP) is 4.39. The van der Waals surface area contributed by atoms with Crippen LogP contribution in [0.4, 0.5) is 0 Å². The van der Waals surface area contributed by atoms with Crippen molar-refractivity contribution in [2.75, 3.05) is 12.8 Å². The molecule has 0 heterocycles. The smallest absolute Gasteiger partial charge is 0.242 e. The average Bonchev–Trinajstić information content (AvgIpc) is 2.66. The highest BCUT2D eigenvalue weighted by Gasteiger charge is 2.25. The van der Waals surface area contributed by atoms with Crippen LogP contribution in [0.1, 0.15) is 18.1 Å². The number of carbonyl (C=O) groups is 2. The molecule has 0 aromatic heterocycles. The summed E-state index contributed by atoms with van der Waals surface area (Å²) >= 11 is 13.7. The number of amides is 2. The van der Waals surface area contributed by atoms with Crippen LogP contribution < -0.4 is 5.32 Å². The monoisotopic (exact) mass is 424 g/mol. The van der Waals surface area contributed by atoms with Crippen molar-refractivity contribution in [3.63, 3.8) is 0 Å². The molecule has 2 aromatic rings. The van der Waals surface area contributed by atoms with Crippen LogP contribution in [0, 0.1) is 0 Å². The van der Waals surface area contributed by atoms with Gasteiger partial charge in [-0.25, -0.2) is 0 Å². The van der Waals surface area contributed by atoms with E-state index in [1.807, 2.05) is 42.5 Å². The van der Waals surface area contributed by atoms with E-state index >= 15 is 0 Å². The van der Waals surface area contributed by atoms with Crippen LogP contribution in [-0.2, 0) is 21.9 Å². The van der Waals surface area contributed by atoms with Crippen LogP contribution in [0.2, 0.25) is 10.0 Å². The minimum Gasteiger partial charge on any atom is -0.357 e. The molecular weight excluding hydrogens is 403 g/mol. The molecule has 0 fully saturated rings. The largest absolute Gasteiger partial charge is 0.357 e. The first-order chi connectivity index (χ1) is 12.9. The van der Waals surface area contributed by atoms with Crippen LogP contribution in [0.5, 0.6) is 0 Å². The lowest BCUT2D eigenvalue weighted by atomic mass is 10.1. The average molecular weight is 425 g/mol. The summed E-state index contributed by atoms with van der Waals surface area (Å²) in [4.78, 5) is 26.5. The van der Waals surface area contributed by atoms with E-state index in [1.165, 1.54) is 11.8 Å². The lowest BCUT2D eigenvalue weighted by Gasteiger charge is -2.28. The molecule has 0 saturated heterocycles. The quantitative estimate of drug-likeness (QED) is 0.683. The zero-order chi connectivity index (χ0) is 19.8. The van der Waals surface area contributed by atoms with Gasteiger partial charge in [-0.15, -0.1) is 11.8 Å². The van der Waals surface area contributed by atoms with Crippen LogP contribution in [0.3, 0.4) is 0 Å². The van der Waals surface area contributed by atoms with Gasteiger partial charge in [0.1, 0.15) is 6.04 Å². The van der Waals surface area contributed by atoms with Crippen molar-refractivity contribution in [2.24, 2.45) is 0 Å². The number of hydrogen-bond donors (Lipinski definition) is 1. The minimum atomic E-state index is -0.592. The van der Waals surface area contributed by atoms with Crippen LogP contribution in [0.15, 0.2) is 48.5 Å². The van der Waals surface area contributed by atoms with Crippen LogP contribution in [-0.4, -0.2) is 35.6 Å². The Labute approximate surface area is 174 Å². The highest BCUT2D eigenvalue weighted by Crippen LogP contribution is 2.21. The number of benzene rings is 2. The first-order valence-corrected chi connectivity index (χ1v) is 10.4. The van der Waals surface area contributed by atoms with E-state index in [0.29, 0.717) is 15.8 Å². The molecule has 0 radical (unpaired) electrons. The van der Waals surface area contributed by atoms with Crippen LogP contribution in [0.25, 0.3) is 0 Å². The Kier molecular flexibility index (Phi) is 8.48. The molecule has 0 aliphatic heterocycles. The Morgan fingerprint density at radius 1 is 1.15 bits per heavy atom. The van der Waals surface area contributed by atoms with Crippen molar-refractivity contribution in [1.82, 2.24) is 10.2 Å². The summed E-state index contributed by atoms with van der Waals surface area (Å²) in [7, 11) is 1.56. The minimum absolute atomic E-state index is 0.113. The van der Waals surface area contributed by atoms with Crippen molar-refractivity contribution in [2.45, 2.75) is 25.3 Å². The summed E-state index contributed by atoms with van der Waals surface area (Å²) in [5.74, 6) is 0.604. The third-order valence-corrected chi connectivity index (χ3v) is 5.69. The first kappa shape index (κ1) is 21.6. The molecule has 0 aliphatic rings. The standard InChI is InChI=1S/C20H22Cl2N2O2S/c1-14(20(26)23-2)24(11-16-7-3-4-9-18(16)22)19(25)13-27-12-15-6-5-8-17(21)10-15/h3-10,14H,11-13H2,1-2H3,(H,23,26)/t14-/m1/s1. The van der Waals surface area contributed by atoms with Gasteiger partial charge in [0.25, 0.3) is 0 Å². The van der Waals surface area contributed by atoms with Crippen molar-refractivity contribution < 1.29 is 9.59 Å². The van der Waals surface area contributed by atoms with Gasteiger partial charge >= 0.3 is 0 Å². The van der Waals surface area contributed by atoms with Gasteiger partial charge in [0.05, 0.1) is 5.75 Å². The summed E-state index contributed by atoms with van der Waals surface area (Å²) in [6.07, 6.45) is 0. The summed E-state index contributed by atoms with van der Waals surface area (Å²) in [5, 5.41) is 3.85. The van der Waals surface area contributed by atoms with Gasteiger partial charge in [0, 0.05) is 29.4 Å². The molecule has 0 aliphatic carbocycles. The van der Waals surface area contributed by atoms with Crippen molar-refractivity contribution >= 4 is 46.8 Å². The van der Waals surface area contributed by atoms with Crippen molar-refractivity contribution in [3.05, 3.63) is 69.7 Å². The summed E-state index contributed by atoms with van der Waals surface area (Å²) in [5.41, 5.74) is 1.86. The number of halogens is 2. The fourth-order valence-corrected chi connectivity index (χ4v) is 3.83. The summed E-state index contributed by atoms with van der Waals surface area (Å²) < 4.78 is 0. The number of carbonyl (C=O) groups excluding carboxylic acids is 2. The maximum absolute atomic E-state index is 12.8. The van der Waals surface area contributed by atoms with E-state index in [-0.39, 0.29) is 24.1 Å². The van der Waals surface area contributed by atoms with Gasteiger partial charge in [0.15, 0.2) is 0 Å². The zero-order valence-corrected chi connectivity index (χ0v) is 17.6.